The third-order valence-corrected chi connectivity index (χ3v) is 3.46. The minimum absolute atomic E-state index is 0.192. The van der Waals surface area contributed by atoms with Crippen molar-refractivity contribution >= 4 is 22.8 Å². The molecule has 0 saturated carbocycles. The Morgan fingerprint density at radius 2 is 2.05 bits per heavy atom. The Morgan fingerprint density at radius 1 is 1.24 bits per heavy atom. The highest BCUT2D eigenvalue weighted by atomic mass is 35.5. The lowest BCUT2D eigenvalue weighted by Gasteiger charge is -2.09. The molecule has 0 aliphatic rings. The summed E-state index contributed by atoms with van der Waals surface area (Å²) in [6, 6.07) is 3.92. The van der Waals surface area contributed by atoms with Gasteiger partial charge in [-0.05, 0) is 38.5 Å². The molecule has 0 N–H and O–H groups in total. The predicted octanol–water partition coefficient (Wildman–Crippen LogP) is 3.19. The van der Waals surface area contributed by atoms with E-state index in [-0.39, 0.29) is 5.38 Å². The second-order valence-corrected chi connectivity index (χ2v) is 5.78. The van der Waals surface area contributed by atoms with E-state index in [2.05, 4.69) is 19.9 Å². The van der Waals surface area contributed by atoms with Crippen LogP contribution in [0.4, 0.5) is 0 Å². The van der Waals surface area contributed by atoms with Gasteiger partial charge in [0.2, 0.25) is 0 Å². The lowest BCUT2D eigenvalue weighted by Crippen LogP contribution is -2.08. The van der Waals surface area contributed by atoms with Crippen molar-refractivity contribution in [1.29, 1.82) is 0 Å². The molecule has 108 valence electrons. The van der Waals surface area contributed by atoms with Gasteiger partial charge in [-0.2, -0.15) is 0 Å². The van der Waals surface area contributed by atoms with Crippen molar-refractivity contribution in [3.8, 4) is 0 Å². The Hall–Kier alpha value is -2.01. The first-order valence-electron chi connectivity index (χ1n) is 6.80. The zero-order chi connectivity index (χ0) is 15.0. The van der Waals surface area contributed by atoms with Crippen molar-refractivity contribution in [2.75, 3.05) is 0 Å². The summed E-state index contributed by atoms with van der Waals surface area (Å²) in [5, 5.41) is -0.192. The summed E-state index contributed by atoms with van der Waals surface area (Å²) in [4.78, 5) is 17.7. The number of fused-ring (bicyclic) bond motifs is 1. The van der Waals surface area contributed by atoms with Gasteiger partial charge in [0.1, 0.15) is 17.2 Å². The smallest absolute Gasteiger partial charge is 0.160 e. The van der Waals surface area contributed by atoms with E-state index < -0.39 is 0 Å². The van der Waals surface area contributed by atoms with Gasteiger partial charge in [-0.25, -0.2) is 19.9 Å². The fourth-order valence-corrected chi connectivity index (χ4v) is 2.51. The lowest BCUT2D eigenvalue weighted by molar-refractivity contribution is 0.715. The SMILES string of the molecule is Cc1cnc2c(c1)nc(C(C)Cl)n2Cc1ccnc(C)n1. The number of pyridine rings is 1. The summed E-state index contributed by atoms with van der Waals surface area (Å²) in [6.45, 7) is 6.38. The molecule has 0 saturated heterocycles. The first-order chi connectivity index (χ1) is 10.0. The summed E-state index contributed by atoms with van der Waals surface area (Å²) in [5.41, 5.74) is 3.70. The van der Waals surface area contributed by atoms with E-state index in [4.69, 9.17) is 11.6 Å². The van der Waals surface area contributed by atoms with Gasteiger partial charge in [-0.1, -0.05) is 0 Å². The Kier molecular flexibility index (Phi) is 3.59. The molecule has 3 heterocycles. The van der Waals surface area contributed by atoms with Gasteiger partial charge in [0, 0.05) is 12.4 Å². The molecule has 1 atom stereocenters. The molecule has 0 aliphatic heterocycles. The number of hydrogen-bond donors (Lipinski definition) is 0. The maximum atomic E-state index is 6.27. The van der Waals surface area contributed by atoms with Crippen LogP contribution in [0.25, 0.3) is 11.2 Å². The van der Waals surface area contributed by atoms with Crippen LogP contribution in [0, 0.1) is 13.8 Å². The van der Waals surface area contributed by atoms with Crippen molar-refractivity contribution in [3.63, 3.8) is 0 Å². The van der Waals surface area contributed by atoms with E-state index in [9.17, 15) is 0 Å². The molecule has 0 bridgehead atoms. The molecule has 0 amide bonds. The van der Waals surface area contributed by atoms with Gasteiger partial charge in [0.25, 0.3) is 0 Å². The Balaban J connectivity index is 2.13. The van der Waals surface area contributed by atoms with E-state index in [0.717, 1.165) is 34.1 Å². The molecular weight excluding hydrogens is 286 g/mol. The van der Waals surface area contributed by atoms with E-state index >= 15 is 0 Å². The number of aryl methyl sites for hydroxylation is 2. The number of imidazole rings is 1. The summed E-state index contributed by atoms with van der Waals surface area (Å²) < 4.78 is 2.02. The fraction of sp³-hybridized carbons (Fsp3) is 0.333. The maximum Gasteiger partial charge on any atom is 0.160 e. The van der Waals surface area contributed by atoms with Crippen LogP contribution in [0.2, 0.25) is 0 Å². The average molecular weight is 302 g/mol. The highest BCUT2D eigenvalue weighted by Crippen LogP contribution is 2.24. The number of rotatable bonds is 3. The molecule has 5 nitrogen and oxygen atoms in total. The van der Waals surface area contributed by atoms with Crippen LogP contribution in [-0.2, 0) is 6.54 Å². The second kappa shape index (κ2) is 5.41. The number of halogens is 1. The third kappa shape index (κ3) is 2.74. The van der Waals surface area contributed by atoms with E-state index in [1.165, 1.54) is 0 Å². The van der Waals surface area contributed by atoms with Crippen molar-refractivity contribution < 1.29 is 0 Å². The van der Waals surface area contributed by atoms with Gasteiger partial charge in [0.15, 0.2) is 5.65 Å². The van der Waals surface area contributed by atoms with Crippen molar-refractivity contribution in [2.45, 2.75) is 32.7 Å². The molecule has 21 heavy (non-hydrogen) atoms. The number of alkyl halides is 1. The zero-order valence-electron chi connectivity index (χ0n) is 12.2. The van der Waals surface area contributed by atoms with Crippen LogP contribution in [0.5, 0.6) is 0 Å². The van der Waals surface area contributed by atoms with Crippen molar-refractivity contribution in [3.05, 3.63) is 47.4 Å². The fourth-order valence-electron chi connectivity index (χ4n) is 2.34. The Labute approximate surface area is 128 Å². The molecule has 3 aromatic rings. The standard InChI is InChI=1S/C15H16ClN5/c1-9-6-13-15(18-7-9)21(14(20-13)10(2)16)8-12-4-5-17-11(3)19-12/h4-7,10H,8H2,1-3H3. The van der Waals surface area contributed by atoms with Gasteiger partial charge in [-0.15, -0.1) is 11.6 Å². The number of hydrogen-bond acceptors (Lipinski definition) is 4. The average Bonchev–Trinajstić information content (AvgIpc) is 2.77. The van der Waals surface area contributed by atoms with Crippen LogP contribution >= 0.6 is 11.6 Å². The summed E-state index contributed by atoms with van der Waals surface area (Å²) >= 11 is 6.27. The Morgan fingerprint density at radius 3 is 2.76 bits per heavy atom. The predicted molar refractivity (Wildman–Crippen MR) is 82.4 cm³/mol. The third-order valence-electron chi connectivity index (χ3n) is 3.26. The van der Waals surface area contributed by atoms with Crippen LogP contribution in [-0.4, -0.2) is 24.5 Å². The molecule has 3 rings (SSSR count). The monoisotopic (exact) mass is 301 g/mol. The second-order valence-electron chi connectivity index (χ2n) is 5.12. The van der Waals surface area contributed by atoms with Gasteiger partial charge < -0.3 is 4.57 Å². The quantitative estimate of drug-likeness (QED) is 0.697. The minimum Gasteiger partial charge on any atom is -0.305 e. The topological polar surface area (TPSA) is 56.5 Å². The largest absolute Gasteiger partial charge is 0.305 e. The van der Waals surface area contributed by atoms with Gasteiger partial charge in [0.05, 0.1) is 17.6 Å². The lowest BCUT2D eigenvalue weighted by atomic mass is 10.3. The molecule has 3 aromatic heterocycles. The summed E-state index contributed by atoms with van der Waals surface area (Å²) in [6.07, 6.45) is 3.60. The molecule has 0 aliphatic carbocycles. The van der Waals surface area contributed by atoms with Crippen LogP contribution < -0.4 is 0 Å². The van der Waals surface area contributed by atoms with Crippen molar-refractivity contribution in [1.82, 2.24) is 24.5 Å². The minimum atomic E-state index is -0.192. The van der Waals surface area contributed by atoms with E-state index in [1.54, 1.807) is 6.20 Å². The first-order valence-corrected chi connectivity index (χ1v) is 7.23. The molecule has 0 spiro atoms. The van der Waals surface area contributed by atoms with Crippen LogP contribution in [0.3, 0.4) is 0 Å². The Bertz CT molecular complexity index is 794. The molecular formula is C15H16ClN5. The molecule has 0 aromatic carbocycles. The number of aromatic nitrogens is 5. The molecule has 6 heteroatoms. The van der Waals surface area contributed by atoms with Crippen LogP contribution in [0.1, 0.15) is 35.2 Å². The highest BCUT2D eigenvalue weighted by Gasteiger charge is 2.16. The molecule has 0 fully saturated rings. The number of nitrogens with zero attached hydrogens (tertiary/aromatic N) is 5. The normalized spacial score (nSPS) is 12.8. The highest BCUT2D eigenvalue weighted by molar-refractivity contribution is 6.20. The van der Waals surface area contributed by atoms with Gasteiger partial charge >= 0.3 is 0 Å². The van der Waals surface area contributed by atoms with Crippen LogP contribution in [0.15, 0.2) is 24.5 Å². The first kappa shape index (κ1) is 13.9. The van der Waals surface area contributed by atoms with Gasteiger partial charge in [-0.3, -0.25) is 0 Å². The zero-order valence-corrected chi connectivity index (χ0v) is 13.0. The molecule has 0 radical (unpaired) electrons. The summed E-state index contributed by atoms with van der Waals surface area (Å²) in [7, 11) is 0. The molecule has 1 unspecified atom stereocenters. The summed E-state index contributed by atoms with van der Waals surface area (Å²) in [5.74, 6) is 1.56. The van der Waals surface area contributed by atoms with E-state index in [0.29, 0.717) is 6.54 Å². The van der Waals surface area contributed by atoms with E-state index in [1.807, 2.05) is 43.7 Å². The van der Waals surface area contributed by atoms with Crippen molar-refractivity contribution in [2.24, 2.45) is 0 Å². The maximum absolute atomic E-state index is 6.27.